The lowest BCUT2D eigenvalue weighted by Crippen LogP contribution is -2.36. The van der Waals surface area contributed by atoms with Crippen molar-refractivity contribution in [2.24, 2.45) is 0 Å². The van der Waals surface area contributed by atoms with Crippen LogP contribution in [0.25, 0.3) is 0 Å². The molecule has 1 fully saturated rings. The maximum Gasteiger partial charge on any atom is 0.317 e. The van der Waals surface area contributed by atoms with Crippen molar-refractivity contribution < 1.29 is 14.7 Å². The normalized spacial score (nSPS) is 16.8. The van der Waals surface area contributed by atoms with Gasteiger partial charge < -0.3 is 10.0 Å². The average Bonchev–Trinajstić information content (AvgIpc) is 2.63. The van der Waals surface area contributed by atoms with Gasteiger partial charge in [0, 0.05) is 26.2 Å². The molecule has 108 valence electrons. The van der Waals surface area contributed by atoms with Gasteiger partial charge in [0.25, 0.3) is 5.91 Å². The first-order chi connectivity index (χ1) is 9.58. The van der Waals surface area contributed by atoms with E-state index in [1.807, 2.05) is 4.90 Å². The fraction of sp³-hybridized carbons (Fsp3) is 0.429. The smallest absolute Gasteiger partial charge is 0.317 e. The van der Waals surface area contributed by atoms with Gasteiger partial charge in [-0.2, -0.15) is 0 Å². The zero-order valence-electron chi connectivity index (χ0n) is 11.1. The summed E-state index contributed by atoms with van der Waals surface area (Å²) in [5, 5.41) is 9.26. The van der Waals surface area contributed by atoms with Crippen LogP contribution in [0.2, 0.25) is 5.02 Å². The summed E-state index contributed by atoms with van der Waals surface area (Å²) in [4.78, 5) is 26.7. The molecule has 0 unspecified atom stereocenters. The van der Waals surface area contributed by atoms with Gasteiger partial charge in [0.15, 0.2) is 0 Å². The molecule has 0 aliphatic carbocycles. The lowest BCUT2D eigenvalue weighted by molar-refractivity contribution is -0.138. The lowest BCUT2D eigenvalue weighted by Gasteiger charge is -2.21. The SMILES string of the molecule is O=C(O)CN1CCCN(C(=O)c2ccccc2Cl)CC1. The molecule has 0 spiro atoms. The molecule has 0 aromatic heterocycles. The predicted molar refractivity (Wildman–Crippen MR) is 76.0 cm³/mol. The Balaban J connectivity index is 2.02. The molecule has 1 amide bonds. The van der Waals surface area contributed by atoms with E-state index in [1.54, 1.807) is 29.2 Å². The van der Waals surface area contributed by atoms with E-state index in [1.165, 1.54) is 0 Å². The van der Waals surface area contributed by atoms with Crippen LogP contribution in [0.1, 0.15) is 16.8 Å². The standard InChI is InChI=1S/C14H17ClN2O3/c15-12-5-2-1-4-11(12)14(20)17-7-3-6-16(8-9-17)10-13(18)19/h1-2,4-5H,3,6-10H2,(H,18,19). The third kappa shape index (κ3) is 3.71. The molecule has 20 heavy (non-hydrogen) atoms. The van der Waals surface area contributed by atoms with E-state index in [0.717, 1.165) is 6.42 Å². The number of carbonyl (C=O) groups is 2. The monoisotopic (exact) mass is 296 g/mol. The summed E-state index contributed by atoms with van der Waals surface area (Å²) in [5.41, 5.74) is 0.501. The Hall–Kier alpha value is -1.59. The molecule has 0 atom stereocenters. The number of carbonyl (C=O) groups excluding carboxylic acids is 1. The minimum atomic E-state index is -0.837. The summed E-state index contributed by atoms with van der Waals surface area (Å²) in [6.07, 6.45) is 0.767. The van der Waals surface area contributed by atoms with Crippen molar-refractivity contribution in [2.45, 2.75) is 6.42 Å². The number of amides is 1. The van der Waals surface area contributed by atoms with Crippen molar-refractivity contribution in [1.82, 2.24) is 9.80 Å². The third-order valence-electron chi connectivity index (χ3n) is 3.34. The quantitative estimate of drug-likeness (QED) is 0.920. The molecule has 5 nitrogen and oxygen atoms in total. The summed E-state index contributed by atoms with van der Waals surface area (Å²) in [7, 11) is 0. The van der Waals surface area contributed by atoms with Gasteiger partial charge in [-0.05, 0) is 18.6 Å². The van der Waals surface area contributed by atoms with Crippen LogP contribution in [-0.4, -0.2) is 59.5 Å². The predicted octanol–water partition coefficient (Wildman–Crippen LogP) is 1.57. The van der Waals surface area contributed by atoms with Crippen LogP contribution in [0.3, 0.4) is 0 Å². The van der Waals surface area contributed by atoms with Crippen molar-refractivity contribution in [1.29, 1.82) is 0 Å². The number of nitrogens with zero attached hydrogens (tertiary/aromatic N) is 2. The Morgan fingerprint density at radius 3 is 2.60 bits per heavy atom. The molecule has 1 aromatic carbocycles. The largest absolute Gasteiger partial charge is 0.480 e. The molecular weight excluding hydrogens is 280 g/mol. The zero-order valence-corrected chi connectivity index (χ0v) is 11.8. The first-order valence-electron chi connectivity index (χ1n) is 6.56. The number of aliphatic carboxylic acids is 1. The highest BCUT2D eigenvalue weighted by Gasteiger charge is 2.22. The van der Waals surface area contributed by atoms with Gasteiger partial charge in [-0.3, -0.25) is 14.5 Å². The Labute approximate surface area is 122 Å². The molecule has 1 aliphatic heterocycles. The molecule has 0 bridgehead atoms. The Morgan fingerprint density at radius 2 is 1.90 bits per heavy atom. The van der Waals surface area contributed by atoms with Crippen LogP contribution in [0.15, 0.2) is 24.3 Å². The topological polar surface area (TPSA) is 60.9 Å². The highest BCUT2D eigenvalue weighted by Crippen LogP contribution is 2.18. The van der Waals surface area contributed by atoms with Crippen molar-refractivity contribution in [3.8, 4) is 0 Å². The van der Waals surface area contributed by atoms with Gasteiger partial charge in [0.2, 0.25) is 0 Å². The molecular formula is C14H17ClN2O3. The van der Waals surface area contributed by atoms with Gasteiger partial charge in [0.05, 0.1) is 17.1 Å². The highest BCUT2D eigenvalue weighted by atomic mass is 35.5. The van der Waals surface area contributed by atoms with E-state index in [0.29, 0.717) is 36.8 Å². The van der Waals surface area contributed by atoms with E-state index in [4.69, 9.17) is 16.7 Å². The molecule has 6 heteroatoms. The molecule has 1 aromatic rings. The molecule has 1 saturated heterocycles. The Morgan fingerprint density at radius 1 is 1.15 bits per heavy atom. The van der Waals surface area contributed by atoms with Crippen molar-refractivity contribution in [2.75, 3.05) is 32.7 Å². The van der Waals surface area contributed by atoms with E-state index < -0.39 is 5.97 Å². The highest BCUT2D eigenvalue weighted by molar-refractivity contribution is 6.33. The van der Waals surface area contributed by atoms with Crippen LogP contribution in [0, 0.1) is 0 Å². The molecule has 1 N–H and O–H groups in total. The van der Waals surface area contributed by atoms with Gasteiger partial charge >= 0.3 is 5.97 Å². The summed E-state index contributed by atoms with van der Waals surface area (Å²) in [5.74, 6) is -0.927. The third-order valence-corrected chi connectivity index (χ3v) is 3.67. The molecule has 1 heterocycles. The van der Waals surface area contributed by atoms with E-state index in [2.05, 4.69) is 0 Å². The van der Waals surface area contributed by atoms with E-state index in [9.17, 15) is 9.59 Å². The molecule has 0 radical (unpaired) electrons. The number of halogens is 1. The van der Waals surface area contributed by atoms with Crippen LogP contribution >= 0.6 is 11.6 Å². The minimum Gasteiger partial charge on any atom is -0.480 e. The molecule has 2 rings (SSSR count). The van der Waals surface area contributed by atoms with Crippen molar-refractivity contribution >= 4 is 23.5 Å². The van der Waals surface area contributed by atoms with Crippen LogP contribution < -0.4 is 0 Å². The lowest BCUT2D eigenvalue weighted by atomic mass is 10.2. The second-order valence-corrected chi connectivity index (χ2v) is 5.20. The first kappa shape index (κ1) is 14.8. The van der Waals surface area contributed by atoms with Gasteiger partial charge in [-0.15, -0.1) is 0 Å². The van der Waals surface area contributed by atoms with Gasteiger partial charge in [-0.1, -0.05) is 23.7 Å². The number of carboxylic acids is 1. The minimum absolute atomic E-state index is 0.0219. The van der Waals surface area contributed by atoms with Crippen molar-refractivity contribution in [3.63, 3.8) is 0 Å². The van der Waals surface area contributed by atoms with Crippen LogP contribution in [0.4, 0.5) is 0 Å². The Bertz CT molecular complexity index is 507. The molecule has 0 saturated carbocycles. The van der Waals surface area contributed by atoms with Gasteiger partial charge in [-0.25, -0.2) is 0 Å². The van der Waals surface area contributed by atoms with Crippen LogP contribution in [0.5, 0.6) is 0 Å². The fourth-order valence-corrected chi connectivity index (χ4v) is 2.54. The maximum atomic E-state index is 12.4. The number of hydrogen-bond donors (Lipinski definition) is 1. The summed E-state index contributed by atoms with van der Waals surface area (Å²) in [6.45, 7) is 2.44. The molecule has 1 aliphatic rings. The summed E-state index contributed by atoms with van der Waals surface area (Å²) in [6, 6.07) is 6.98. The van der Waals surface area contributed by atoms with E-state index in [-0.39, 0.29) is 12.5 Å². The summed E-state index contributed by atoms with van der Waals surface area (Å²) >= 11 is 6.04. The average molecular weight is 297 g/mol. The Kier molecular flexibility index (Phi) is 4.98. The number of rotatable bonds is 3. The second kappa shape index (κ2) is 6.72. The number of benzene rings is 1. The second-order valence-electron chi connectivity index (χ2n) is 4.80. The fourth-order valence-electron chi connectivity index (χ4n) is 2.33. The van der Waals surface area contributed by atoms with Crippen LogP contribution in [-0.2, 0) is 4.79 Å². The summed E-state index contributed by atoms with van der Waals surface area (Å²) < 4.78 is 0. The zero-order chi connectivity index (χ0) is 14.5. The number of carboxylic acid groups (broad SMARTS) is 1. The number of hydrogen-bond acceptors (Lipinski definition) is 3. The van der Waals surface area contributed by atoms with Gasteiger partial charge in [0.1, 0.15) is 0 Å². The van der Waals surface area contributed by atoms with E-state index >= 15 is 0 Å². The first-order valence-corrected chi connectivity index (χ1v) is 6.93. The maximum absolute atomic E-state index is 12.4. The van der Waals surface area contributed by atoms with Crippen molar-refractivity contribution in [3.05, 3.63) is 34.9 Å².